The Balaban J connectivity index is 1.79. The molecule has 2 aliphatic rings. The Bertz CT molecular complexity index is 637. The molecule has 2 atom stereocenters. The van der Waals surface area contributed by atoms with E-state index in [4.69, 9.17) is 0 Å². The van der Waals surface area contributed by atoms with Gasteiger partial charge in [-0.2, -0.15) is 0 Å². The molecule has 22 heavy (non-hydrogen) atoms. The van der Waals surface area contributed by atoms with Crippen LogP contribution in [0.25, 0.3) is 0 Å². The molecule has 5 heteroatoms. The number of fused-ring (bicyclic) bond motifs is 1. The summed E-state index contributed by atoms with van der Waals surface area (Å²) < 4.78 is 0. The second-order valence-corrected chi connectivity index (χ2v) is 6.37. The maximum Gasteiger partial charge on any atom is 0.311 e. The SMILES string of the molecule is CC(=O)c1ccc(C(=O)N2C[C@@H]3CCC[C@@]3(C(=O)O)C2)cc1. The summed E-state index contributed by atoms with van der Waals surface area (Å²) >= 11 is 0. The highest BCUT2D eigenvalue weighted by molar-refractivity contribution is 5.98. The first-order chi connectivity index (χ1) is 10.4. The average Bonchev–Trinajstić information content (AvgIpc) is 3.04. The van der Waals surface area contributed by atoms with E-state index in [0.29, 0.717) is 30.6 Å². The van der Waals surface area contributed by atoms with Crippen LogP contribution in [0.4, 0.5) is 0 Å². The summed E-state index contributed by atoms with van der Waals surface area (Å²) in [5, 5.41) is 9.57. The molecule has 1 aliphatic carbocycles. The van der Waals surface area contributed by atoms with Crippen LogP contribution in [-0.2, 0) is 4.79 Å². The number of carbonyl (C=O) groups excluding carboxylic acids is 2. The fourth-order valence-corrected chi connectivity index (χ4v) is 3.82. The smallest absolute Gasteiger partial charge is 0.311 e. The van der Waals surface area contributed by atoms with Crippen molar-refractivity contribution in [3.8, 4) is 0 Å². The minimum Gasteiger partial charge on any atom is -0.481 e. The van der Waals surface area contributed by atoms with Gasteiger partial charge in [-0.1, -0.05) is 18.6 Å². The van der Waals surface area contributed by atoms with Crippen LogP contribution in [0.2, 0.25) is 0 Å². The number of ketones is 1. The van der Waals surface area contributed by atoms with Crippen molar-refractivity contribution >= 4 is 17.7 Å². The fraction of sp³-hybridized carbons (Fsp3) is 0.471. The molecule has 5 nitrogen and oxygen atoms in total. The molecule has 0 spiro atoms. The number of carboxylic acid groups (broad SMARTS) is 1. The van der Waals surface area contributed by atoms with Gasteiger partial charge in [0.1, 0.15) is 0 Å². The van der Waals surface area contributed by atoms with Gasteiger partial charge in [0.05, 0.1) is 5.41 Å². The summed E-state index contributed by atoms with van der Waals surface area (Å²) in [5.41, 5.74) is 0.317. The number of likely N-dealkylation sites (tertiary alicyclic amines) is 1. The Morgan fingerprint density at radius 1 is 1.18 bits per heavy atom. The van der Waals surface area contributed by atoms with E-state index in [2.05, 4.69) is 0 Å². The van der Waals surface area contributed by atoms with Crippen LogP contribution in [0.3, 0.4) is 0 Å². The van der Waals surface area contributed by atoms with Crippen LogP contribution in [-0.4, -0.2) is 40.8 Å². The summed E-state index contributed by atoms with van der Waals surface area (Å²) in [7, 11) is 0. The molecule has 1 amide bonds. The number of carbonyl (C=O) groups is 3. The van der Waals surface area contributed by atoms with Crippen molar-refractivity contribution in [2.45, 2.75) is 26.2 Å². The first-order valence-corrected chi connectivity index (χ1v) is 7.58. The van der Waals surface area contributed by atoms with Crippen LogP contribution in [0.15, 0.2) is 24.3 Å². The molecule has 0 radical (unpaired) electrons. The van der Waals surface area contributed by atoms with Crippen molar-refractivity contribution in [1.82, 2.24) is 4.90 Å². The molecule has 1 aromatic carbocycles. The summed E-state index contributed by atoms with van der Waals surface area (Å²) in [4.78, 5) is 37.2. The lowest BCUT2D eigenvalue weighted by Crippen LogP contribution is -2.37. The minimum absolute atomic E-state index is 0.0421. The lowest BCUT2D eigenvalue weighted by atomic mass is 9.81. The number of Topliss-reactive ketones (excluding diaryl/α,β-unsaturated/α-hetero) is 1. The highest BCUT2D eigenvalue weighted by atomic mass is 16.4. The van der Waals surface area contributed by atoms with Crippen molar-refractivity contribution < 1.29 is 19.5 Å². The topological polar surface area (TPSA) is 74.7 Å². The number of carboxylic acids is 1. The molecule has 2 fully saturated rings. The molecule has 3 rings (SSSR count). The molecule has 0 bridgehead atoms. The second-order valence-electron chi connectivity index (χ2n) is 6.37. The number of nitrogens with zero attached hydrogens (tertiary/aromatic N) is 1. The fourth-order valence-electron chi connectivity index (χ4n) is 3.82. The van der Waals surface area contributed by atoms with Gasteiger partial charge in [0.25, 0.3) is 5.91 Å². The number of hydrogen-bond acceptors (Lipinski definition) is 3. The Morgan fingerprint density at radius 3 is 2.36 bits per heavy atom. The van der Waals surface area contributed by atoms with Crippen LogP contribution in [0.5, 0.6) is 0 Å². The van der Waals surface area contributed by atoms with E-state index in [9.17, 15) is 19.5 Å². The first kappa shape index (κ1) is 14.8. The molecule has 1 aliphatic heterocycles. The van der Waals surface area contributed by atoms with Gasteiger partial charge in [0.15, 0.2) is 5.78 Å². The minimum atomic E-state index is -0.780. The molecule has 1 N–H and O–H groups in total. The van der Waals surface area contributed by atoms with Gasteiger partial charge in [-0.15, -0.1) is 0 Å². The second kappa shape index (κ2) is 5.23. The lowest BCUT2D eigenvalue weighted by Gasteiger charge is -2.23. The van der Waals surface area contributed by atoms with E-state index in [1.165, 1.54) is 6.92 Å². The van der Waals surface area contributed by atoms with Crippen LogP contribution < -0.4 is 0 Å². The molecule has 0 aromatic heterocycles. The van der Waals surface area contributed by atoms with E-state index in [1.54, 1.807) is 29.2 Å². The highest BCUT2D eigenvalue weighted by Crippen LogP contribution is 2.49. The molecule has 1 aromatic rings. The van der Waals surface area contributed by atoms with Gasteiger partial charge in [0.2, 0.25) is 0 Å². The first-order valence-electron chi connectivity index (χ1n) is 7.58. The summed E-state index contributed by atoms with van der Waals surface area (Å²) in [6.45, 7) is 2.29. The maximum absolute atomic E-state index is 12.6. The number of hydrogen-bond donors (Lipinski definition) is 1. The maximum atomic E-state index is 12.6. The molecule has 1 saturated heterocycles. The van der Waals surface area contributed by atoms with Gasteiger partial charge in [-0.25, -0.2) is 0 Å². The standard InChI is InChI=1S/C17H19NO4/c1-11(19)12-4-6-13(7-5-12)15(20)18-9-14-3-2-8-17(14,10-18)16(21)22/h4-7,14H,2-3,8-10H2,1H3,(H,21,22)/t14-,17+/m0/s1. The summed E-state index contributed by atoms with van der Waals surface area (Å²) in [6.07, 6.45) is 2.45. The van der Waals surface area contributed by atoms with E-state index in [1.807, 2.05) is 0 Å². The number of aliphatic carboxylic acids is 1. The average molecular weight is 301 g/mol. The third kappa shape index (κ3) is 2.21. The molecule has 0 unspecified atom stereocenters. The Morgan fingerprint density at radius 2 is 1.82 bits per heavy atom. The van der Waals surface area contributed by atoms with Crippen LogP contribution in [0, 0.1) is 11.3 Å². The monoisotopic (exact) mass is 301 g/mol. The van der Waals surface area contributed by atoms with Crippen LogP contribution >= 0.6 is 0 Å². The zero-order valence-electron chi connectivity index (χ0n) is 12.5. The van der Waals surface area contributed by atoms with Crippen molar-refractivity contribution in [3.63, 3.8) is 0 Å². The predicted octanol–water partition coefficient (Wildman–Crippen LogP) is 2.22. The molecule has 116 valence electrons. The Hall–Kier alpha value is -2.17. The predicted molar refractivity (Wildman–Crippen MR) is 79.8 cm³/mol. The third-order valence-corrected chi connectivity index (χ3v) is 5.12. The van der Waals surface area contributed by atoms with Crippen molar-refractivity contribution in [2.75, 3.05) is 13.1 Å². The van der Waals surface area contributed by atoms with Gasteiger partial charge in [0, 0.05) is 24.2 Å². The summed E-state index contributed by atoms with van der Waals surface area (Å²) in [6, 6.07) is 6.56. The molecule has 1 heterocycles. The number of amides is 1. The van der Waals surface area contributed by atoms with E-state index in [0.717, 1.165) is 12.8 Å². The normalized spacial score (nSPS) is 26.8. The third-order valence-electron chi connectivity index (χ3n) is 5.12. The summed E-state index contributed by atoms with van der Waals surface area (Å²) in [5.74, 6) is -0.910. The van der Waals surface area contributed by atoms with E-state index >= 15 is 0 Å². The zero-order valence-corrected chi connectivity index (χ0v) is 12.5. The number of rotatable bonds is 3. The van der Waals surface area contributed by atoms with Gasteiger partial charge in [-0.05, 0) is 37.8 Å². The largest absolute Gasteiger partial charge is 0.481 e. The molecule has 1 saturated carbocycles. The molecular weight excluding hydrogens is 282 g/mol. The van der Waals surface area contributed by atoms with E-state index in [-0.39, 0.29) is 17.6 Å². The van der Waals surface area contributed by atoms with Crippen molar-refractivity contribution in [2.24, 2.45) is 11.3 Å². The van der Waals surface area contributed by atoms with Crippen molar-refractivity contribution in [1.29, 1.82) is 0 Å². The van der Waals surface area contributed by atoms with Crippen molar-refractivity contribution in [3.05, 3.63) is 35.4 Å². The van der Waals surface area contributed by atoms with Gasteiger partial charge in [-0.3, -0.25) is 14.4 Å². The van der Waals surface area contributed by atoms with Crippen LogP contribution in [0.1, 0.15) is 46.9 Å². The van der Waals surface area contributed by atoms with E-state index < -0.39 is 11.4 Å². The van der Waals surface area contributed by atoms with Gasteiger partial charge < -0.3 is 10.0 Å². The quantitative estimate of drug-likeness (QED) is 0.869. The van der Waals surface area contributed by atoms with Gasteiger partial charge >= 0.3 is 5.97 Å². The lowest BCUT2D eigenvalue weighted by molar-refractivity contribution is -0.149. The Labute approximate surface area is 128 Å². The Kier molecular flexibility index (Phi) is 3.51. The zero-order chi connectivity index (χ0) is 15.9. The highest BCUT2D eigenvalue weighted by Gasteiger charge is 2.55. The molecular formula is C17H19NO4. The number of benzene rings is 1.